The highest BCUT2D eigenvalue weighted by Crippen LogP contribution is 2.29. The Morgan fingerprint density at radius 1 is 1.09 bits per heavy atom. The predicted molar refractivity (Wildman–Crippen MR) is 131 cm³/mol. The highest BCUT2D eigenvalue weighted by molar-refractivity contribution is 6.11. The summed E-state index contributed by atoms with van der Waals surface area (Å²) in [6.45, 7) is 0.216. The third-order valence-electron chi connectivity index (χ3n) is 5.46. The third-order valence-corrected chi connectivity index (χ3v) is 5.46. The number of nitrogens with two attached hydrogens (primary N) is 1. The molecule has 0 saturated carbocycles. The largest absolute Gasteiger partial charge is 0.489 e. The van der Waals surface area contributed by atoms with E-state index >= 15 is 0 Å². The highest BCUT2D eigenvalue weighted by atomic mass is 16.5. The van der Waals surface area contributed by atoms with Gasteiger partial charge in [-0.2, -0.15) is 15.6 Å². The van der Waals surface area contributed by atoms with Gasteiger partial charge in [-0.05, 0) is 53.6 Å². The summed E-state index contributed by atoms with van der Waals surface area (Å²) >= 11 is 0. The molecule has 1 heterocycles. The van der Waals surface area contributed by atoms with Crippen molar-refractivity contribution in [3.63, 3.8) is 0 Å². The van der Waals surface area contributed by atoms with Crippen LogP contribution in [0.5, 0.6) is 5.75 Å². The molecule has 0 saturated heterocycles. The standard InChI is InChI=1S/C27H21N5O3/c28-15-21(25-24(16-29)26(30)32(31-25)22-7-2-1-3-8-22)13-18-9-11-23(12-10-18)35-17-19-5-4-6-20(14-19)27(33)34/h1-14,24,26H,17,30H2,(H,33,34)/b21-13-/t24-,26+/m0/s1. The normalized spacial score (nSPS) is 17.3. The second-order valence-corrected chi connectivity index (χ2v) is 7.80. The average Bonchev–Trinajstić information content (AvgIpc) is 3.23. The lowest BCUT2D eigenvalue weighted by Crippen LogP contribution is -2.40. The molecule has 0 radical (unpaired) electrons. The van der Waals surface area contributed by atoms with E-state index in [-0.39, 0.29) is 17.7 Å². The van der Waals surface area contributed by atoms with Crippen LogP contribution >= 0.6 is 0 Å². The lowest BCUT2D eigenvalue weighted by Gasteiger charge is -2.21. The number of nitriles is 2. The second kappa shape index (κ2) is 10.3. The van der Waals surface area contributed by atoms with Crippen molar-refractivity contribution >= 4 is 23.4 Å². The van der Waals surface area contributed by atoms with Gasteiger partial charge in [-0.3, -0.25) is 0 Å². The van der Waals surface area contributed by atoms with Crippen LogP contribution in [-0.2, 0) is 6.61 Å². The third kappa shape index (κ3) is 5.19. The Morgan fingerprint density at radius 2 is 1.83 bits per heavy atom. The number of nitrogens with zero attached hydrogens (tertiary/aromatic N) is 4. The van der Waals surface area contributed by atoms with E-state index in [4.69, 9.17) is 15.6 Å². The fourth-order valence-corrected chi connectivity index (χ4v) is 3.67. The van der Waals surface area contributed by atoms with Crippen LogP contribution in [0.3, 0.4) is 0 Å². The predicted octanol–water partition coefficient (Wildman–Crippen LogP) is 4.17. The number of hydrogen-bond donors (Lipinski definition) is 2. The topological polar surface area (TPSA) is 136 Å². The Kier molecular flexibility index (Phi) is 6.87. The zero-order valence-electron chi connectivity index (χ0n) is 18.6. The van der Waals surface area contributed by atoms with Crippen LogP contribution in [0.2, 0.25) is 0 Å². The number of para-hydroxylation sites is 1. The number of ether oxygens (including phenoxy) is 1. The van der Waals surface area contributed by atoms with Gasteiger partial charge in [0.1, 0.15) is 30.5 Å². The number of allylic oxidation sites excluding steroid dienone is 1. The molecule has 8 heteroatoms. The summed E-state index contributed by atoms with van der Waals surface area (Å²) in [6.07, 6.45) is 0.953. The van der Waals surface area contributed by atoms with Crippen molar-refractivity contribution in [2.24, 2.45) is 16.8 Å². The zero-order chi connectivity index (χ0) is 24.8. The molecule has 8 nitrogen and oxygen atoms in total. The molecule has 0 spiro atoms. The Bertz CT molecular complexity index is 1370. The van der Waals surface area contributed by atoms with E-state index < -0.39 is 18.1 Å². The van der Waals surface area contributed by atoms with Gasteiger partial charge < -0.3 is 15.6 Å². The van der Waals surface area contributed by atoms with Crippen molar-refractivity contribution in [3.05, 3.63) is 101 Å². The molecule has 3 N–H and O–H groups in total. The van der Waals surface area contributed by atoms with E-state index in [1.807, 2.05) is 30.3 Å². The molecule has 3 aromatic rings. The molecule has 2 atom stereocenters. The first kappa shape index (κ1) is 23.2. The Labute approximate surface area is 202 Å². The second-order valence-electron chi connectivity index (χ2n) is 7.80. The van der Waals surface area contributed by atoms with Gasteiger partial charge in [0.15, 0.2) is 0 Å². The van der Waals surface area contributed by atoms with E-state index in [0.717, 1.165) is 16.8 Å². The number of hydrogen-bond acceptors (Lipinski definition) is 7. The van der Waals surface area contributed by atoms with Crippen LogP contribution in [0.25, 0.3) is 6.08 Å². The lowest BCUT2D eigenvalue weighted by atomic mass is 9.95. The minimum absolute atomic E-state index is 0.201. The van der Waals surface area contributed by atoms with Gasteiger partial charge in [-0.25, -0.2) is 9.80 Å². The Balaban J connectivity index is 1.51. The molecule has 0 unspecified atom stereocenters. The Morgan fingerprint density at radius 3 is 2.49 bits per heavy atom. The molecule has 0 aliphatic carbocycles. The fraction of sp³-hybridized carbons (Fsp3) is 0.111. The smallest absolute Gasteiger partial charge is 0.335 e. The van der Waals surface area contributed by atoms with Crippen LogP contribution in [-0.4, -0.2) is 23.0 Å². The van der Waals surface area contributed by atoms with E-state index in [0.29, 0.717) is 11.5 Å². The number of carboxylic acid groups (broad SMARTS) is 1. The van der Waals surface area contributed by atoms with E-state index in [1.165, 1.54) is 6.07 Å². The van der Waals surface area contributed by atoms with Gasteiger partial charge in [0.05, 0.1) is 28.6 Å². The van der Waals surface area contributed by atoms with Gasteiger partial charge >= 0.3 is 5.97 Å². The molecular weight excluding hydrogens is 442 g/mol. The molecular formula is C27H21N5O3. The first-order chi connectivity index (χ1) is 17.0. The molecule has 35 heavy (non-hydrogen) atoms. The summed E-state index contributed by atoms with van der Waals surface area (Å²) in [5, 5.41) is 34.7. The number of benzene rings is 3. The van der Waals surface area contributed by atoms with Gasteiger partial charge in [0, 0.05) is 0 Å². The van der Waals surface area contributed by atoms with Crippen molar-refractivity contribution in [2.45, 2.75) is 12.8 Å². The van der Waals surface area contributed by atoms with Crippen molar-refractivity contribution in [3.8, 4) is 17.9 Å². The maximum absolute atomic E-state index is 11.1. The summed E-state index contributed by atoms with van der Waals surface area (Å²) in [7, 11) is 0. The molecule has 4 rings (SSSR count). The molecule has 1 aliphatic heterocycles. The highest BCUT2D eigenvalue weighted by Gasteiger charge is 2.37. The van der Waals surface area contributed by atoms with Crippen molar-refractivity contribution in [1.82, 2.24) is 0 Å². The minimum atomic E-state index is -0.991. The lowest BCUT2D eigenvalue weighted by molar-refractivity contribution is 0.0696. The first-order valence-corrected chi connectivity index (χ1v) is 10.8. The molecule has 0 bridgehead atoms. The van der Waals surface area contributed by atoms with E-state index in [9.17, 15) is 15.3 Å². The summed E-state index contributed by atoms with van der Waals surface area (Å²) in [5.74, 6) is -1.16. The molecule has 0 amide bonds. The molecule has 1 aliphatic rings. The van der Waals surface area contributed by atoms with Gasteiger partial charge in [0.2, 0.25) is 0 Å². The van der Waals surface area contributed by atoms with Crippen LogP contribution in [0.15, 0.2) is 89.5 Å². The van der Waals surface area contributed by atoms with Gasteiger partial charge in [-0.15, -0.1) is 0 Å². The van der Waals surface area contributed by atoms with Crippen molar-refractivity contribution < 1.29 is 14.6 Å². The summed E-state index contributed by atoms with van der Waals surface area (Å²) in [4.78, 5) is 11.1. The van der Waals surface area contributed by atoms with Crippen LogP contribution in [0.4, 0.5) is 5.69 Å². The zero-order valence-corrected chi connectivity index (χ0v) is 18.6. The van der Waals surface area contributed by atoms with Gasteiger partial charge in [0.25, 0.3) is 0 Å². The summed E-state index contributed by atoms with van der Waals surface area (Å²) < 4.78 is 5.76. The molecule has 172 valence electrons. The fourth-order valence-electron chi connectivity index (χ4n) is 3.67. The molecule has 0 aromatic heterocycles. The summed E-state index contributed by atoms with van der Waals surface area (Å²) in [6, 6.07) is 27.2. The average molecular weight is 463 g/mol. The quantitative estimate of drug-likeness (QED) is 0.502. The monoisotopic (exact) mass is 463 g/mol. The summed E-state index contributed by atoms with van der Waals surface area (Å²) in [5.41, 5.74) is 9.26. The molecule has 3 aromatic carbocycles. The number of hydrazone groups is 1. The number of carbonyl (C=O) groups is 1. The van der Waals surface area contributed by atoms with Crippen molar-refractivity contribution in [1.29, 1.82) is 10.5 Å². The van der Waals surface area contributed by atoms with E-state index in [2.05, 4.69) is 17.2 Å². The number of carboxylic acids is 1. The van der Waals surface area contributed by atoms with Crippen LogP contribution in [0, 0.1) is 28.6 Å². The number of aromatic carboxylic acids is 1. The Hall–Kier alpha value is -4.92. The maximum atomic E-state index is 11.1. The first-order valence-electron chi connectivity index (χ1n) is 10.8. The number of anilines is 1. The van der Waals surface area contributed by atoms with E-state index in [1.54, 1.807) is 53.5 Å². The van der Waals surface area contributed by atoms with Crippen LogP contribution in [0.1, 0.15) is 21.5 Å². The maximum Gasteiger partial charge on any atom is 0.335 e. The van der Waals surface area contributed by atoms with Crippen LogP contribution < -0.4 is 15.5 Å². The molecule has 0 fully saturated rings. The SMILES string of the molecule is N#C/C(=C/c1ccc(OCc2cccc(C(=O)O)c2)cc1)C1=NN(c2ccccc2)[C@@H](N)[C@H]1C#N. The minimum Gasteiger partial charge on any atom is -0.489 e. The van der Waals surface area contributed by atoms with Gasteiger partial charge in [-0.1, -0.05) is 42.5 Å². The number of rotatable bonds is 7. The van der Waals surface area contributed by atoms with Crippen molar-refractivity contribution in [2.75, 3.05) is 5.01 Å².